The van der Waals surface area contributed by atoms with Gasteiger partial charge in [-0.25, -0.2) is 4.68 Å². The lowest BCUT2D eigenvalue weighted by atomic mass is 10.3. The van der Waals surface area contributed by atoms with Crippen LogP contribution in [0.15, 0.2) is 12.4 Å². The van der Waals surface area contributed by atoms with Gasteiger partial charge in [0.2, 0.25) is 11.9 Å². The minimum Gasteiger partial charge on any atom is -0.367 e. The SMILES string of the molecule is CCN(Cc1cnn(C(C)C)c1)C(=O)Cn1nnnc1N. The maximum Gasteiger partial charge on any atom is 0.244 e. The van der Waals surface area contributed by atoms with Gasteiger partial charge in [0.1, 0.15) is 6.54 Å². The second kappa shape index (κ2) is 6.33. The van der Waals surface area contributed by atoms with Gasteiger partial charge in [-0.1, -0.05) is 5.10 Å². The number of nitrogens with two attached hydrogens (primary N) is 1. The second-order valence-corrected chi connectivity index (χ2v) is 5.02. The Morgan fingerprint density at radius 2 is 2.24 bits per heavy atom. The number of carbonyl (C=O) groups excluding carboxylic acids is 1. The highest BCUT2D eigenvalue weighted by Crippen LogP contribution is 2.09. The molecule has 0 atom stereocenters. The molecule has 21 heavy (non-hydrogen) atoms. The Kier molecular flexibility index (Phi) is 4.51. The average molecular weight is 292 g/mol. The largest absolute Gasteiger partial charge is 0.367 e. The fourth-order valence-corrected chi connectivity index (χ4v) is 1.89. The fourth-order valence-electron chi connectivity index (χ4n) is 1.89. The number of aromatic nitrogens is 6. The third-order valence-electron chi connectivity index (χ3n) is 3.14. The smallest absolute Gasteiger partial charge is 0.244 e. The molecule has 0 saturated carbocycles. The summed E-state index contributed by atoms with van der Waals surface area (Å²) in [5.41, 5.74) is 6.55. The molecule has 0 aliphatic carbocycles. The van der Waals surface area contributed by atoms with Crippen molar-refractivity contribution >= 4 is 11.9 Å². The van der Waals surface area contributed by atoms with Crippen LogP contribution in [0, 0.1) is 0 Å². The molecule has 0 spiro atoms. The molecule has 0 aliphatic heterocycles. The molecule has 0 unspecified atom stereocenters. The number of amides is 1. The number of tetrazole rings is 1. The van der Waals surface area contributed by atoms with Crippen LogP contribution in [-0.2, 0) is 17.9 Å². The van der Waals surface area contributed by atoms with Crippen molar-refractivity contribution in [3.05, 3.63) is 18.0 Å². The van der Waals surface area contributed by atoms with Gasteiger partial charge in [0.25, 0.3) is 0 Å². The number of likely N-dealkylation sites (N-methyl/N-ethyl adjacent to an activating group) is 1. The Morgan fingerprint density at radius 3 is 2.76 bits per heavy atom. The zero-order chi connectivity index (χ0) is 15.4. The molecular formula is C12H20N8O. The molecule has 2 aromatic rings. The van der Waals surface area contributed by atoms with Gasteiger partial charge in [-0.15, -0.1) is 0 Å². The van der Waals surface area contributed by atoms with Crippen LogP contribution in [-0.4, -0.2) is 47.3 Å². The summed E-state index contributed by atoms with van der Waals surface area (Å²) in [4.78, 5) is 14.0. The van der Waals surface area contributed by atoms with Gasteiger partial charge in [-0.05, 0) is 31.2 Å². The predicted molar refractivity (Wildman–Crippen MR) is 75.9 cm³/mol. The summed E-state index contributed by atoms with van der Waals surface area (Å²) in [6.07, 6.45) is 3.73. The summed E-state index contributed by atoms with van der Waals surface area (Å²) in [5.74, 6) is 0.0424. The molecule has 2 heterocycles. The number of anilines is 1. The molecule has 0 radical (unpaired) electrons. The molecule has 0 aromatic carbocycles. The maximum atomic E-state index is 12.3. The molecule has 2 aromatic heterocycles. The van der Waals surface area contributed by atoms with Crippen molar-refractivity contribution in [3.8, 4) is 0 Å². The van der Waals surface area contributed by atoms with Gasteiger partial charge in [-0.3, -0.25) is 9.48 Å². The number of nitrogens with zero attached hydrogens (tertiary/aromatic N) is 7. The minimum absolute atomic E-state index is 0.0327. The van der Waals surface area contributed by atoms with E-state index in [0.717, 1.165) is 5.56 Å². The van der Waals surface area contributed by atoms with E-state index in [1.54, 1.807) is 11.1 Å². The van der Waals surface area contributed by atoms with E-state index >= 15 is 0 Å². The van der Waals surface area contributed by atoms with E-state index in [0.29, 0.717) is 19.1 Å². The monoisotopic (exact) mass is 292 g/mol. The van der Waals surface area contributed by atoms with E-state index in [2.05, 4.69) is 34.5 Å². The first kappa shape index (κ1) is 14.9. The molecule has 0 aliphatic rings. The van der Waals surface area contributed by atoms with Crippen molar-refractivity contribution < 1.29 is 4.79 Å². The van der Waals surface area contributed by atoms with E-state index in [1.165, 1.54) is 4.68 Å². The fraction of sp³-hybridized carbons (Fsp3) is 0.583. The van der Waals surface area contributed by atoms with Crippen molar-refractivity contribution in [1.29, 1.82) is 0 Å². The van der Waals surface area contributed by atoms with Gasteiger partial charge >= 0.3 is 0 Å². The lowest BCUT2D eigenvalue weighted by molar-refractivity contribution is -0.132. The standard InChI is InChI=1S/C12H20N8O/c1-4-18(6-10-5-14-19(7-10)9(2)3)11(21)8-20-12(13)15-16-17-20/h5,7,9H,4,6,8H2,1-3H3,(H2,13,15,17). The zero-order valence-electron chi connectivity index (χ0n) is 12.5. The summed E-state index contributed by atoms with van der Waals surface area (Å²) in [7, 11) is 0. The second-order valence-electron chi connectivity index (χ2n) is 5.02. The van der Waals surface area contributed by atoms with Crippen molar-refractivity contribution in [2.24, 2.45) is 0 Å². The highest BCUT2D eigenvalue weighted by Gasteiger charge is 2.16. The minimum atomic E-state index is -0.0891. The van der Waals surface area contributed by atoms with Crippen molar-refractivity contribution in [2.45, 2.75) is 39.9 Å². The van der Waals surface area contributed by atoms with Gasteiger partial charge in [0.05, 0.1) is 6.20 Å². The van der Waals surface area contributed by atoms with Crippen LogP contribution in [0.25, 0.3) is 0 Å². The van der Waals surface area contributed by atoms with E-state index in [1.807, 2.05) is 17.8 Å². The molecule has 9 heteroatoms. The van der Waals surface area contributed by atoms with Crippen LogP contribution >= 0.6 is 0 Å². The van der Waals surface area contributed by atoms with Crippen LogP contribution in [0.1, 0.15) is 32.4 Å². The molecule has 2 N–H and O–H groups in total. The molecule has 2 rings (SSSR count). The number of hydrogen-bond donors (Lipinski definition) is 1. The summed E-state index contributed by atoms with van der Waals surface area (Å²) in [5, 5.41) is 14.9. The third-order valence-corrected chi connectivity index (χ3v) is 3.14. The summed E-state index contributed by atoms with van der Waals surface area (Å²) in [6, 6.07) is 0.297. The molecule has 9 nitrogen and oxygen atoms in total. The Hall–Kier alpha value is -2.45. The van der Waals surface area contributed by atoms with E-state index < -0.39 is 0 Å². The van der Waals surface area contributed by atoms with Crippen molar-refractivity contribution in [1.82, 2.24) is 34.9 Å². The van der Waals surface area contributed by atoms with Crippen molar-refractivity contribution in [3.63, 3.8) is 0 Å². The van der Waals surface area contributed by atoms with Gasteiger partial charge in [0, 0.05) is 30.9 Å². The third kappa shape index (κ3) is 3.56. The van der Waals surface area contributed by atoms with Crippen LogP contribution in [0.2, 0.25) is 0 Å². The number of carbonyl (C=O) groups is 1. The number of nitrogen functional groups attached to an aromatic ring is 1. The Bertz CT molecular complexity index is 602. The average Bonchev–Trinajstić information content (AvgIpc) is 3.06. The topological polar surface area (TPSA) is 108 Å². The van der Waals surface area contributed by atoms with Gasteiger partial charge < -0.3 is 10.6 Å². The lowest BCUT2D eigenvalue weighted by Gasteiger charge is -2.20. The highest BCUT2D eigenvalue weighted by molar-refractivity contribution is 5.76. The van der Waals surface area contributed by atoms with Crippen LogP contribution in [0.4, 0.5) is 5.95 Å². The summed E-state index contributed by atoms with van der Waals surface area (Å²) < 4.78 is 3.15. The predicted octanol–water partition coefficient (Wildman–Crippen LogP) is 0.0814. The first-order chi connectivity index (χ1) is 10.0. The van der Waals surface area contributed by atoms with Gasteiger partial charge in [0.15, 0.2) is 0 Å². The van der Waals surface area contributed by atoms with E-state index in [-0.39, 0.29) is 18.4 Å². The normalized spacial score (nSPS) is 11.0. The number of hydrogen-bond acceptors (Lipinski definition) is 6. The lowest BCUT2D eigenvalue weighted by Crippen LogP contribution is -2.33. The Morgan fingerprint density at radius 1 is 1.48 bits per heavy atom. The summed E-state index contributed by atoms with van der Waals surface area (Å²) in [6.45, 7) is 7.16. The highest BCUT2D eigenvalue weighted by atomic mass is 16.2. The van der Waals surface area contributed by atoms with Crippen molar-refractivity contribution in [2.75, 3.05) is 12.3 Å². The van der Waals surface area contributed by atoms with Crippen LogP contribution in [0.5, 0.6) is 0 Å². The quantitative estimate of drug-likeness (QED) is 0.808. The first-order valence-electron chi connectivity index (χ1n) is 6.83. The van der Waals surface area contributed by atoms with Gasteiger partial charge in [-0.2, -0.15) is 5.10 Å². The molecule has 0 saturated heterocycles. The van der Waals surface area contributed by atoms with E-state index in [4.69, 9.17) is 5.73 Å². The molecular weight excluding hydrogens is 272 g/mol. The first-order valence-corrected chi connectivity index (χ1v) is 6.83. The summed E-state index contributed by atoms with van der Waals surface area (Å²) >= 11 is 0. The Balaban J connectivity index is 2.01. The molecule has 0 bridgehead atoms. The molecule has 0 fully saturated rings. The van der Waals surface area contributed by atoms with Crippen LogP contribution < -0.4 is 5.73 Å². The molecule has 114 valence electrons. The maximum absolute atomic E-state index is 12.3. The zero-order valence-corrected chi connectivity index (χ0v) is 12.5. The number of rotatable bonds is 6. The van der Waals surface area contributed by atoms with Crippen LogP contribution in [0.3, 0.4) is 0 Å². The molecule has 1 amide bonds. The van der Waals surface area contributed by atoms with E-state index in [9.17, 15) is 4.79 Å². The Labute approximate surface area is 122 Å².